The minimum atomic E-state index is -0.354. The molecule has 2 N–H and O–H groups in total. The van der Waals surface area contributed by atoms with Crippen molar-refractivity contribution >= 4 is 35.1 Å². The Kier molecular flexibility index (Phi) is 4.54. The molecule has 1 aromatic heterocycles. The standard InChI is InChI=1S/C16H14ClN3O2S/c1-2-6-23-16-19-14-13(15(22)20-16)11(8-12(21)18-14)9-4-3-5-10(17)7-9/h2-5,7,11H,1,6,8H2,(H2,18,19,20,21,22)/t11-/m1/s1. The predicted molar refractivity (Wildman–Crippen MR) is 92.3 cm³/mol. The number of anilines is 1. The molecule has 0 bridgehead atoms. The molecule has 118 valence electrons. The van der Waals surface area contributed by atoms with Crippen molar-refractivity contribution in [3.8, 4) is 0 Å². The van der Waals surface area contributed by atoms with E-state index in [0.29, 0.717) is 27.3 Å². The Hall–Kier alpha value is -2.05. The number of nitrogens with zero attached hydrogens (tertiary/aromatic N) is 1. The van der Waals surface area contributed by atoms with Crippen LogP contribution in [0.3, 0.4) is 0 Å². The van der Waals surface area contributed by atoms with Gasteiger partial charge in [0.1, 0.15) is 5.82 Å². The second kappa shape index (κ2) is 6.60. The number of hydrogen-bond donors (Lipinski definition) is 2. The first-order valence-electron chi connectivity index (χ1n) is 7.01. The third-order valence-corrected chi connectivity index (χ3v) is 4.62. The number of aromatic amines is 1. The lowest BCUT2D eigenvalue weighted by atomic mass is 9.87. The van der Waals surface area contributed by atoms with Gasteiger partial charge in [-0.3, -0.25) is 9.59 Å². The van der Waals surface area contributed by atoms with Crippen molar-refractivity contribution in [1.29, 1.82) is 0 Å². The Morgan fingerprint density at radius 1 is 1.43 bits per heavy atom. The van der Waals surface area contributed by atoms with Crippen molar-refractivity contribution in [2.75, 3.05) is 11.1 Å². The van der Waals surface area contributed by atoms with Crippen LogP contribution in [-0.2, 0) is 4.79 Å². The summed E-state index contributed by atoms with van der Waals surface area (Å²) in [5, 5.41) is 3.72. The molecule has 5 nitrogen and oxygen atoms in total. The van der Waals surface area contributed by atoms with Crippen molar-refractivity contribution in [3.63, 3.8) is 0 Å². The third-order valence-electron chi connectivity index (χ3n) is 3.52. The lowest BCUT2D eigenvalue weighted by Crippen LogP contribution is -2.31. The number of hydrogen-bond acceptors (Lipinski definition) is 4. The van der Waals surface area contributed by atoms with Crippen molar-refractivity contribution in [3.05, 3.63) is 63.4 Å². The minimum Gasteiger partial charge on any atom is -0.310 e. The van der Waals surface area contributed by atoms with E-state index >= 15 is 0 Å². The van der Waals surface area contributed by atoms with Gasteiger partial charge in [-0.1, -0.05) is 41.6 Å². The summed E-state index contributed by atoms with van der Waals surface area (Å²) in [6.07, 6.45) is 1.91. The van der Waals surface area contributed by atoms with Gasteiger partial charge < -0.3 is 10.3 Å². The normalized spacial score (nSPS) is 16.6. The summed E-state index contributed by atoms with van der Waals surface area (Å²) in [6.45, 7) is 3.63. The Morgan fingerprint density at radius 2 is 2.26 bits per heavy atom. The molecule has 0 aliphatic carbocycles. The number of amides is 1. The quantitative estimate of drug-likeness (QED) is 0.506. The summed E-state index contributed by atoms with van der Waals surface area (Å²) >= 11 is 7.39. The van der Waals surface area contributed by atoms with Crippen LogP contribution in [0.2, 0.25) is 5.02 Å². The van der Waals surface area contributed by atoms with Gasteiger partial charge in [0.2, 0.25) is 5.91 Å². The fourth-order valence-electron chi connectivity index (χ4n) is 2.56. The Morgan fingerprint density at radius 3 is 3.00 bits per heavy atom. The number of nitrogens with one attached hydrogen (secondary N) is 2. The molecule has 1 aliphatic rings. The SMILES string of the molecule is C=CCSc1nc2c(c(=O)[nH]1)[C@@H](c1cccc(Cl)c1)CC(=O)N2. The average Bonchev–Trinajstić information content (AvgIpc) is 2.51. The fourth-order valence-corrected chi connectivity index (χ4v) is 3.36. The first-order chi connectivity index (χ1) is 11.1. The van der Waals surface area contributed by atoms with Gasteiger partial charge in [0.05, 0.1) is 5.56 Å². The number of aromatic nitrogens is 2. The highest BCUT2D eigenvalue weighted by Gasteiger charge is 2.30. The molecule has 1 aromatic carbocycles. The minimum absolute atomic E-state index is 0.166. The summed E-state index contributed by atoms with van der Waals surface area (Å²) in [6, 6.07) is 7.19. The highest BCUT2D eigenvalue weighted by atomic mass is 35.5. The predicted octanol–water partition coefficient (Wildman–Crippen LogP) is 3.18. The molecule has 2 aromatic rings. The van der Waals surface area contributed by atoms with Gasteiger partial charge in [-0.25, -0.2) is 4.98 Å². The molecule has 1 atom stereocenters. The van der Waals surface area contributed by atoms with E-state index in [1.54, 1.807) is 24.3 Å². The van der Waals surface area contributed by atoms with Crippen molar-refractivity contribution in [1.82, 2.24) is 9.97 Å². The van der Waals surface area contributed by atoms with Gasteiger partial charge in [0.25, 0.3) is 5.56 Å². The zero-order chi connectivity index (χ0) is 16.4. The average molecular weight is 348 g/mol. The summed E-state index contributed by atoms with van der Waals surface area (Å²) in [7, 11) is 0. The smallest absolute Gasteiger partial charge is 0.257 e. The van der Waals surface area contributed by atoms with Crippen molar-refractivity contribution in [2.24, 2.45) is 0 Å². The zero-order valence-electron chi connectivity index (χ0n) is 12.1. The van der Waals surface area contributed by atoms with Gasteiger partial charge >= 0.3 is 0 Å². The summed E-state index contributed by atoms with van der Waals surface area (Å²) < 4.78 is 0. The molecular formula is C16H14ClN3O2S. The van der Waals surface area contributed by atoms with E-state index in [9.17, 15) is 9.59 Å². The maximum absolute atomic E-state index is 12.5. The number of carbonyl (C=O) groups is 1. The van der Waals surface area contributed by atoms with Crippen LogP contribution >= 0.6 is 23.4 Å². The fraction of sp³-hybridized carbons (Fsp3) is 0.188. The van der Waals surface area contributed by atoms with Crippen molar-refractivity contribution in [2.45, 2.75) is 17.5 Å². The molecule has 1 amide bonds. The monoisotopic (exact) mass is 347 g/mol. The molecule has 3 rings (SSSR count). The third kappa shape index (κ3) is 3.33. The van der Waals surface area contributed by atoms with Crippen LogP contribution in [0.15, 0.2) is 46.9 Å². The lowest BCUT2D eigenvalue weighted by molar-refractivity contribution is -0.116. The number of carbonyl (C=O) groups excluding carboxylic acids is 1. The molecule has 0 spiro atoms. The Bertz CT molecular complexity index is 834. The molecular weight excluding hydrogens is 334 g/mol. The number of fused-ring (bicyclic) bond motifs is 1. The highest BCUT2D eigenvalue weighted by Crippen LogP contribution is 2.35. The molecule has 0 fully saturated rings. The molecule has 7 heteroatoms. The second-order valence-corrected chi connectivity index (χ2v) is 6.54. The van der Waals surface area contributed by atoms with Gasteiger partial charge in [-0.05, 0) is 17.7 Å². The summed E-state index contributed by atoms with van der Waals surface area (Å²) in [4.78, 5) is 31.6. The van der Waals surface area contributed by atoms with Gasteiger partial charge in [0.15, 0.2) is 5.16 Å². The van der Waals surface area contributed by atoms with E-state index in [1.165, 1.54) is 11.8 Å². The number of halogens is 1. The number of benzene rings is 1. The maximum Gasteiger partial charge on any atom is 0.257 e. The Balaban J connectivity index is 2.08. The topological polar surface area (TPSA) is 74.8 Å². The van der Waals surface area contributed by atoms with Crippen LogP contribution in [0.1, 0.15) is 23.5 Å². The van der Waals surface area contributed by atoms with Gasteiger partial charge in [-0.15, -0.1) is 6.58 Å². The van der Waals surface area contributed by atoms with E-state index < -0.39 is 0 Å². The number of thioether (sulfide) groups is 1. The first kappa shape index (κ1) is 15.8. The van der Waals surface area contributed by atoms with Crippen LogP contribution in [0.4, 0.5) is 5.82 Å². The van der Waals surface area contributed by atoms with Crippen LogP contribution in [-0.4, -0.2) is 21.6 Å². The lowest BCUT2D eigenvalue weighted by Gasteiger charge is -2.24. The zero-order valence-corrected chi connectivity index (χ0v) is 13.7. The van der Waals surface area contributed by atoms with Gasteiger partial charge in [0, 0.05) is 23.1 Å². The molecule has 0 saturated carbocycles. The largest absolute Gasteiger partial charge is 0.310 e. The molecule has 0 radical (unpaired) electrons. The molecule has 0 unspecified atom stereocenters. The molecule has 1 aliphatic heterocycles. The number of H-pyrrole nitrogens is 1. The summed E-state index contributed by atoms with van der Waals surface area (Å²) in [5.74, 6) is 0.418. The van der Waals surface area contributed by atoms with E-state index in [4.69, 9.17) is 11.6 Å². The summed E-state index contributed by atoms with van der Waals surface area (Å²) in [5.41, 5.74) is 1.05. The van der Waals surface area contributed by atoms with Crippen molar-refractivity contribution < 1.29 is 4.79 Å². The van der Waals surface area contributed by atoms with E-state index in [1.807, 2.05) is 6.07 Å². The molecule has 2 heterocycles. The molecule has 0 saturated heterocycles. The van der Waals surface area contributed by atoms with E-state index in [0.717, 1.165) is 5.56 Å². The van der Waals surface area contributed by atoms with Crippen LogP contribution < -0.4 is 10.9 Å². The highest BCUT2D eigenvalue weighted by molar-refractivity contribution is 7.99. The Labute approximate surface area is 142 Å². The van der Waals surface area contributed by atoms with E-state index in [2.05, 4.69) is 21.9 Å². The van der Waals surface area contributed by atoms with Crippen LogP contribution in [0.5, 0.6) is 0 Å². The number of rotatable bonds is 4. The first-order valence-corrected chi connectivity index (χ1v) is 8.38. The van der Waals surface area contributed by atoms with E-state index in [-0.39, 0.29) is 23.8 Å². The van der Waals surface area contributed by atoms with Crippen LogP contribution in [0, 0.1) is 0 Å². The van der Waals surface area contributed by atoms with Gasteiger partial charge in [-0.2, -0.15) is 0 Å². The maximum atomic E-state index is 12.5. The van der Waals surface area contributed by atoms with Crippen LogP contribution in [0.25, 0.3) is 0 Å². The molecule has 23 heavy (non-hydrogen) atoms. The second-order valence-electron chi connectivity index (χ2n) is 5.09.